The van der Waals surface area contributed by atoms with Gasteiger partial charge in [0.25, 0.3) is 0 Å². The third-order valence-electron chi connectivity index (χ3n) is 3.66. The summed E-state index contributed by atoms with van der Waals surface area (Å²) in [5.41, 5.74) is 0.104. The van der Waals surface area contributed by atoms with Gasteiger partial charge in [0.1, 0.15) is 0 Å². The number of benzene rings is 1. The molecule has 0 bridgehead atoms. The molecule has 7 heteroatoms. The molecule has 2 N–H and O–H groups in total. The van der Waals surface area contributed by atoms with Gasteiger partial charge >= 0.3 is 0 Å². The van der Waals surface area contributed by atoms with Crippen molar-refractivity contribution in [3.8, 4) is 5.75 Å². The minimum atomic E-state index is -1.43. The van der Waals surface area contributed by atoms with Gasteiger partial charge < -0.3 is 9.84 Å². The fraction of sp³-hybridized carbons (Fsp3) is 0.600. The highest BCUT2D eigenvalue weighted by Gasteiger charge is 2.33. The molecule has 1 aliphatic heterocycles. The fourth-order valence-electron chi connectivity index (χ4n) is 2.32. The molecule has 3 atom stereocenters. The Balaban J connectivity index is 2.36. The first-order valence-corrected chi connectivity index (χ1v) is 8.29. The first-order valence-electron chi connectivity index (χ1n) is 7.14. The van der Waals surface area contributed by atoms with Crippen LogP contribution in [0.5, 0.6) is 5.75 Å². The van der Waals surface area contributed by atoms with Crippen LogP contribution in [0.3, 0.4) is 0 Å². The van der Waals surface area contributed by atoms with Crippen LogP contribution < -0.4 is 4.72 Å². The van der Waals surface area contributed by atoms with E-state index in [-0.39, 0.29) is 11.5 Å². The summed E-state index contributed by atoms with van der Waals surface area (Å²) in [6.45, 7) is 6.35. The van der Waals surface area contributed by atoms with Gasteiger partial charge in [0.2, 0.25) is 0 Å². The molecule has 0 amide bonds. The van der Waals surface area contributed by atoms with E-state index in [0.717, 1.165) is 6.07 Å². The number of halogens is 2. The first kappa shape index (κ1) is 17.3. The van der Waals surface area contributed by atoms with E-state index in [9.17, 15) is 18.1 Å². The van der Waals surface area contributed by atoms with Crippen molar-refractivity contribution in [1.82, 2.24) is 4.72 Å². The van der Waals surface area contributed by atoms with Crippen molar-refractivity contribution in [1.29, 1.82) is 0 Å². The Labute approximate surface area is 131 Å². The molecule has 4 nitrogen and oxygen atoms in total. The lowest BCUT2D eigenvalue weighted by molar-refractivity contribution is 0.179. The van der Waals surface area contributed by atoms with Crippen LogP contribution in [0, 0.1) is 17.6 Å². The first-order chi connectivity index (χ1) is 10.2. The van der Waals surface area contributed by atoms with Gasteiger partial charge in [-0.2, -0.15) is 0 Å². The molecule has 0 saturated carbocycles. The molecule has 1 heterocycles. The Hall–Kier alpha value is -1.05. The molecule has 1 saturated heterocycles. The van der Waals surface area contributed by atoms with Crippen LogP contribution >= 0.6 is 0 Å². The Morgan fingerprint density at radius 3 is 2.64 bits per heavy atom. The van der Waals surface area contributed by atoms with Gasteiger partial charge in [-0.3, -0.25) is 0 Å². The van der Waals surface area contributed by atoms with E-state index in [0.29, 0.717) is 19.6 Å². The van der Waals surface area contributed by atoms with Crippen molar-refractivity contribution in [2.75, 3.05) is 13.2 Å². The Kier molecular flexibility index (Phi) is 5.19. The van der Waals surface area contributed by atoms with Gasteiger partial charge in [0.05, 0.1) is 28.4 Å². The lowest BCUT2D eigenvalue weighted by atomic mass is 9.92. The monoisotopic (exact) mass is 333 g/mol. The molecule has 124 valence electrons. The summed E-state index contributed by atoms with van der Waals surface area (Å²) in [5, 5.41) is 9.49. The van der Waals surface area contributed by atoms with E-state index in [4.69, 9.17) is 4.74 Å². The maximum atomic E-state index is 14.2. The molecular formula is C15H21F2NO3S. The summed E-state index contributed by atoms with van der Waals surface area (Å²) in [4.78, 5) is 0. The maximum Gasteiger partial charge on any atom is 0.188 e. The zero-order valence-electron chi connectivity index (χ0n) is 12.9. The number of ether oxygens (including phenoxy) is 1. The fourth-order valence-corrected chi connectivity index (χ4v) is 3.22. The van der Waals surface area contributed by atoms with Crippen molar-refractivity contribution in [2.45, 2.75) is 38.0 Å². The summed E-state index contributed by atoms with van der Waals surface area (Å²) in [6, 6.07) is 1.67. The van der Waals surface area contributed by atoms with Gasteiger partial charge in [0.15, 0.2) is 17.4 Å². The standard InChI is InChI=1S/C15H21F2NO3S/c1-15(2,3)22(20)18-13(9-6-7-21-8-9)10-4-5-11(16)14(19)12(10)17/h4-5,9,13,18-19H,6-8H2,1-3H3. The van der Waals surface area contributed by atoms with E-state index in [1.54, 1.807) is 20.8 Å². The number of hydrogen-bond donors (Lipinski definition) is 2. The predicted molar refractivity (Wildman–Crippen MR) is 80.7 cm³/mol. The zero-order valence-corrected chi connectivity index (χ0v) is 13.7. The maximum absolute atomic E-state index is 14.2. The molecule has 22 heavy (non-hydrogen) atoms. The second-order valence-corrected chi connectivity index (χ2v) is 8.40. The second-order valence-electron chi connectivity index (χ2n) is 6.40. The minimum Gasteiger partial charge on any atom is -0.503 e. The third-order valence-corrected chi connectivity index (χ3v) is 5.24. The number of phenolic OH excluding ortho intramolecular Hbond substituents is 1. The van der Waals surface area contributed by atoms with Crippen LogP contribution in [0.15, 0.2) is 12.1 Å². The van der Waals surface area contributed by atoms with E-state index >= 15 is 0 Å². The topological polar surface area (TPSA) is 58.6 Å². The highest BCUT2D eigenvalue weighted by molar-refractivity contribution is 7.84. The van der Waals surface area contributed by atoms with E-state index in [2.05, 4.69) is 4.72 Å². The van der Waals surface area contributed by atoms with Gasteiger partial charge in [-0.15, -0.1) is 0 Å². The summed E-state index contributed by atoms with van der Waals surface area (Å²) < 4.78 is 47.6. The molecule has 0 spiro atoms. The highest BCUT2D eigenvalue weighted by Crippen LogP contribution is 2.35. The average molecular weight is 333 g/mol. The second kappa shape index (κ2) is 6.60. The van der Waals surface area contributed by atoms with Gasteiger partial charge in [-0.05, 0) is 33.3 Å². The zero-order chi connectivity index (χ0) is 16.5. The summed E-state index contributed by atoms with van der Waals surface area (Å²) in [5.74, 6) is -3.13. The lowest BCUT2D eigenvalue weighted by Gasteiger charge is -2.28. The predicted octanol–water partition coefficient (Wildman–Crippen LogP) is 2.80. The number of aromatic hydroxyl groups is 1. The van der Waals surface area contributed by atoms with Crippen LogP contribution in [0.25, 0.3) is 0 Å². The smallest absolute Gasteiger partial charge is 0.188 e. The molecular weight excluding hydrogens is 312 g/mol. The van der Waals surface area contributed by atoms with Crippen molar-refractivity contribution in [3.05, 3.63) is 29.3 Å². The number of nitrogens with one attached hydrogen (secondary N) is 1. The Morgan fingerprint density at radius 1 is 1.41 bits per heavy atom. The van der Waals surface area contributed by atoms with Crippen LogP contribution in [0.4, 0.5) is 8.78 Å². The number of rotatable bonds is 4. The normalized spacial score (nSPS) is 21.8. The molecule has 3 unspecified atom stereocenters. The van der Waals surface area contributed by atoms with Crippen LogP contribution in [0.2, 0.25) is 0 Å². The minimum absolute atomic E-state index is 0.0920. The molecule has 0 aliphatic carbocycles. The third kappa shape index (κ3) is 3.64. The van der Waals surface area contributed by atoms with Crippen molar-refractivity contribution in [2.24, 2.45) is 5.92 Å². The van der Waals surface area contributed by atoms with E-state index in [1.807, 2.05) is 0 Å². The Morgan fingerprint density at radius 2 is 2.09 bits per heavy atom. The molecule has 1 aliphatic rings. The highest BCUT2D eigenvalue weighted by atomic mass is 32.2. The Bertz CT molecular complexity index is 569. The summed E-state index contributed by atoms with van der Waals surface area (Å²) in [6.07, 6.45) is 0.677. The van der Waals surface area contributed by atoms with Gasteiger partial charge in [-0.1, -0.05) is 6.07 Å². The van der Waals surface area contributed by atoms with Gasteiger partial charge in [0, 0.05) is 18.1 Å². The van der Waals surface area contributed by atoms with Crippen molar-refractivity contribution >= 4 is 11.0 Å². The SMILES string of the molecule is CC(C)(C)S(=O)NC(c1ccc(F)c(O)c1F)C1CCOC1. The molecule has 0 aromatic heterocycles. The van der Waals surface area contributed by atoms with E-state index < -0.39 is 39.2 Å². The van der Waals surface area contributed by atoms with Crippen LogP contribution in [-0.2, 0) is 15.7 Å². The molecule has 1 aromatic carbocycles. The lowest BCUT2D eigenvalue weighted by Crippen LogP contribution is -2.39. The van der Waals surface area contributed by atoms with Crippen LogP contribution in [-0.4, -0.2) is 27.3 Å². The van der Waals surface area contributed by atoms with E-state index in [1.165, 1.54) is 6.07 Å². The largest absolute Gasteiger partial charge is 0.503 e. The molecule has 0 radical (unpaired) electrons. The summed E-state index contributed by atoms with van der Waals surface area (Å²) >= 11 is 0. The number of hydrogen-bond acceptors (Lipinski definition) is 3. The van der Waals surface area contributed by atoms with Crippen molar-refractivity contribution in [3.63, 3.8) is 0 Å². The van der Waals surface area contributed by atoms with Gasteiger partial charge in [-0.25, -0.2) is 17.7 Å². The summed E-state index contributed by atoms with van der Waals surface area (Å²) in [7, 11) is -1.43. The average Bonchev–Trinajstić information content (AvgIpc) is 2.95. The number of phenols is 1. The molecule has 2 rings (SSSR count). The molecule has 1 aromatic rings. The van der Waals surface area contributed by atoms with Crippen LogP contribution in [0.1, 0.15) is 38.8 Å². The van der Waals surface area contributed by atoms with Crippen molar-refractivity contribution < 1.29 is 22.8 Å². The quantitative estimate of drug-likeness (QED) is 0.891. The molecule has 1 fully saturated rings.